The van der Waals surface area contributed by atoms with Crippen molar-refractivity contribution in [2.75, 3.05) is 26.3 Å². The predicted octanol–water partition coefficient (Wildman–Crippen LogP) is 3.91. The van der Waals surface area contributed by atoms with Crippen molar-refractivity contribution < 1.29 is 14.3 Å². The zero-order valence-electron chi connectivity index (χ0n) is 15.6. The zero-order valence-corrected chi connectivity index (χ0v) is 15.6. The van der Waals surface area contributed by atoms with Gasteiger partial charge in [-0.15, -0.1) is 0 Å². The molecule has 1 aromatic rings. The molecule has 2 amide bonds. The fraction of sp³-hybridized carbons (Fsp3) is 0.650. The SMILES string of the molecule is CCOc1ccc(CCNC(=O)NCC2CCCCC2)cc1OCC. The molecule has 0 aliphatic heterocycles. The number of rotatable bonds is 9. The molecule has 1 fully saturated rings. The van der Waals surface area contributed by atoms with Crippen molar-refractivity contribution in [3.8, 4) is 11.5 Å². The van der Waals surface area contributed by atoms with Gasteiger partial charge < -0.3 is 20.1 Å². The van der Waals surface area contributed by atoms with Gasteiger partial charge in [0.25, 0.3) is 0 Å². The van der Waals surface area contributed by atoms with Crippen LogP contribution in [-0.4, -0.2) is 32.3 Å². The van der Waals surface area contributed by atoms with Gasteiger partial charge in [-0.3, -0.25) is 0 Å². The first-order valence-electron chi connectivity index (χ1n) is 9.63. The standard InChI is InChI=1S/C20H32N2O3/c1-3-24-18-11-10-16(14-19(18)25-4-2)12-13-21-20(23)22-15-17-8-6-5-7-9-17/h10-11,14,17H,3-9,12-13,15H2,1-2H3,(H2,21,22,23). The molecular formula is C20H32N2O3. The second-order valence-electron chi connectivity index (χ2n) is 6.54. The van der Waals surface area contributed by atoms with Crippen LogP contribution in [0.4, 0.5) is 4.79 Å². The van der Waals surface area contributed by atoms with Crippen LogP contribution in [0.5, 0.6) is 11.5 Å². The van der Waals surface area contributed by atoms with Crippen LogP contribution in [0.3, 0.4) is 0 Å². The highest BCUT2D eigenvalue weighted by molar-refractivity contribution is 5.73. The number of benzene rings is 1. The molecule has 5 heteroatoms. The van der Waals surface area contributed by atoms with Crippen LogP contribution in [0.2, 0.25) is 0 Å². The molecule has 0 aromatic heterocycles. The molecule has 0 heterocycles. The molecule has 1 saturated carbocycles. The molecule has 1 aliphatic rings. The topological polar surface area (TPSA) is 59.6 Å². The van der Waals surface area contributed by atoms with E-state index < -0.39 is 0 Å². The predicted molar refractivity (Wildman–Crippen MR) is 100 cm³/mol. The molecule has 0 bridgehead atoms. The number of carbonyl (C=O) groups is 1. The van der Waals surface area contributed by atoms with E-state index >= 15 is 0 Å². The van der Waals surface area contributed by atoms with Gasteiger partial charge in [-0.05, 0) is 56.7 Å². The molecule has 5 nitrogen and oxygen atoms in total. The van der Waals surface area contributed by atoms with Crippen LogP contribution in [0.25, 0.3) is 0 Å². The van der Waals surface area contributed by atoms with E-state index in [-0.39, 0.29) is 6.03 Å². The van der Waals surface area contributed by atoms with Crippen LogP contribution in [0, 0.1) is 5.92 Å². The largest absolute Gasteiger partial charge is 0.490 e. The molecule has 1 aromatic carbocycles. The Morgan fingerprint density at radius 3 is 2.48 bits per heavy atom. The van der Waals surface area contributed by atoms with E-state index in [1.54, 1.807) is 0 Å². The first kappa shape index (κ1) is 19.4. The lowest BCUT2D eigenvalue weighted by Crippen LogP contribution is -2.39. The molecule has 0 unspecified atom stereocenters. The second kappa shape index (κ2) is 10.9. The maximum absolute atomic E-state index is 11.9. The van der Waals surface area contributed by atoms with E-state index in [1.165, 1.54) is 32.1 Å². The van der Waals surface area contributed by atoms with E-state index in [0.717, 1.165) is 30.0 Å². The van der Waals surface area contributed by atoms with Gasteiger partial charge in [0, 0.05) is 13.1 Å². The van der Waals surface area contributed by atoms with Crippen LogP contribution in [0.1, 0.15) is 51.5 Å². The number of amides is 2. The lowest BCUT2D eigenvalue weighted by Gasteiger charge is -2.21. The molecule has 140 valence electrons. The molecular weight excluding hydrogens is 316 g/mol. The highest BCUT2D eigenvalue weighted by Crippen LogP contribution is 2.28. The molecule has 0 radical (unpaired) electrons. The molecule has 0 saturated heterocycles. The summed E-state index contributed by atoms with van der Waals surface area (Å²) in [6, 6.07) is 5.89. The minimum Gasteiger partial charge on any atom is -0.490 e. The Balaban J connectivity index is 1.72. The van der Waals surface area contributed by atoms with Crippen molar-refractivity contribution in [2.45, 2.75) is 52.4 Å². The van der Waals surface area contributed by atoms with Crippen molar-refractivity contribution in [1.29, 1.82) is 0 Å². The van der Waals surface area contributed by atoms with Crippen molar-refractivity contribution in [1.82, 2.24) is 10.6 Å². The van der Waals surface area contributed by atoms with Crippen LogP contribution in [0.15, 0.2) is 18.2 Å². The summed E-state index contributed by atoms with van der Waals surface area (Å²) in [7, 11) is 0. The Labute approximate surface area is 151 Å². The fourth-order valence-electron chi connectivity index (χ4n) is 3.26. The highest BCUT2D eigenvalue weighted by atomic mass is 16.5. The summed E-state index contributed by atoms with van der Waals surface area (Å²) in [5.41, 5.74) is 1.12. The number of hydrogen-bond donors (Lipinski definition) is 2. The first-order valence-corrected chi connectivity index (χ1v) is 9.63. The number of carbonyl (C=O) groups excluding carboxylic acids is 1. The minimum atomic E-state index is -0.0680. The van der Waals surface area contributed by atoms with Gasteiger partial charge in [0.2, 0.25) is 0 Å². The number of hydrogen-bond acceptors (Lipinski definition) is 3. The van der Waals surface area contributed by atoms with Gasteiger partial charge in [0.05, 0.1) is 13.2 Å². The van der Waals surface area contributed by atoms with Gasteiger partial charge in [-0.2, -0.15) is 0 Å². The van der Waals surface area contributed by atoms with E-state index in [2.05, 4.69) is 10.6 Å². The Bertz CT molecular complexity index is 528. The normalized spacial score (nSPS) is 14.8. The average Bonchev–Trinajstić information content (AvgIpc) is 2.63. The highest BCUT2D eigenvalue weighted by Gasteiger charge is 2.14. The summed E-state index contributed by atoms with van der Waals surface area (Å²) in [5, 5.41) is 5.94. The number of ether oxygens (including phenoxy) is 2. The third-order valence-corrected chi connectivity index (χ3v) is 4.58. The maximum Gasteiger partial charge on any atom is 0.314 e. The lowest BCUT2D eigenvalue weighted by atomic mass is 9.89. The lowest BCUT2D eigenvalue weighted by molar-refractivity contribution is 0.236. The smallest absolute Gasteiger partial charge is 0.314 e. The van der Waals surface area contributed by atoms with Crippen LogP contribution >= 0.6 is 0 Å². The molecule has 2 rings (SSSR count). The van der Waals surface area contributed by atoms with E-state index in [1.807, 2.05) is 32.0 Å². The zero-order chi connectivity index (χ0) is 17.9. The third kappa shape index (κ3) is 6.85. The second-order valence-corrected chi connectivity index (χ2v) is 6.54. The van der Waals surface area contributed by atoms with Gasteiger partial charge in [0.15, 0.2) is 11.5 Å². The first-order chi connectivity index (χ1) is 12.2. The summed E-state index contributed by atoms with van der Waals surface area (Å²) >= 11 is 0. The Kier molecular flexibility index (Phi) is 8.43. The van der Waals surface area contributed by atoms with Crippen molar-refractivity contribution in [3.05, 3.63) is 23.8 Å². The quantitative estimate of drug-likeness (QED) is 0.711. The summed E-state index contributed by atoms with van der Waals surface area (Å²) in [5.74, 6) is 2.19. The van der Waals surface area contributed by atoms with Gasteiger partial charge in [0.1, 0.15) is 0 Å². The van der Waals surface area contributed by atoms with Gasteiger partial charge >= 0.3 is 6.03 Å². The van der Waals surface area contributed by atoms with Crippen molar-refractivity contribution >= 4 is 6.03 Å². The Morgan fingerprint density at radius 2 is 1.76 bits per heavy atom. The number of nitrogens with one attached hydrogen (secondary N) is 2. The summed E-state index contributed by atoms with van der Waals surface area (Å²) in [6.45, 7) is 6.53. The van der Waals surface area contributed by atoms with Gasteiger partial charge in [-0.25, -0.2) is 4.79 Å². The molecule has 1 aliphatic carbocycles. The van der Waals surface area contributed by atoms with E-state index in [9.17, 15) is 4.79 Å². The molecule has 0 atom stereocenters. The minimum absolute atomic E-state index is 0.0680. The fourth-order valence-corrected chi connectivity index (χ4v) is 3.26. The van der Waals surface area contributed by atoms with Crippen molar-refractivity contribution in [2.24, 2.45) is 5.92 Å². The summed E-state index contributed by atoms with van der Waals surface area (Å²) in [4.78, 5) is 11.9. The monoisotopic (exact) mass is 348 g/mol. The Hall–Kier alpha value is -1.91. The maximum atomic E-state index is 11.9. The molecule has 0 spiro atoms. The number of urea groups is 1. The van der Waals surface area contributed by atoms with Crippen LogP contribution < -0.4 is 20.1 Å². The average molecular weight is 348 g/mol. The summed E-state index contributed by atoms with van der Waals surface area (Å²) < 4.78 is 11.2. The van der Waals surface area contributed by atoms with E-state index in [4.69, 9.17) is 9.47 Å². The molecule has 25 heavy (non-hydrogen) atoms. The summed E-state index contributed by atoms with van der Waals surface area (Å²) in [6.07, 6.45) is 7.19. The van der Waals surface area contributed by atoms with Gasteiger partial charge in [-0.1, -0.05) is 25.3 Å². The van der Waals surface area contributed by atoms with E-state index in [0.29, 0.717) is 25.7 Å². The third-order valence-electron chi connectivity index (χ3n) is 4.58. The van der Waals surface area contributed by atoms with Crippen molar-refractivity contribution in [3.63, 3.8) is 0 Å². The van der Waals surface area contributed by atoms with Crippen LogP contribution in [-0.2, 0) is 6.42 Å². The Morgan fingerprint density at radius 1 is 1.04 bits per heavy atom. The molecule has 2 N–H and O–H groups in total.